The van der Waals surface area contributed by atoms with Gasteiger partial charge < -0.3 is 35.3 Å². The largest absolute Gasteiger partial charge is 0.508 e. The molecule has 0 saturated carbocycles. The van der Waals surface area contributed by atoms with Crippen molar-refractivity contribution in [1.82, 2.24) is 19.5 Å². The van der Waals surface area contributed by atoms with Crippen molar-refractivity contribution in [3.8, 4) is 11.5 Å². The molecule has 1 fully saturated rings. The number of rotatable bonds is 5. The van der Waals surface area contributed by atoms with Crippen LogP contribution in [0.1, 0.15) is 11.8 Å². The molecule has 13 nitrogen and oxygen atoms in total. The molecule has 1 saturated heterocycles. The summed E-state index contributed by atoms with van der Waals surface area (Å²) in [5.74, 6) is -0.372. The Kier molecular flexibility index (Phi) is 5.09. The Hall–Kier alpha value is -3.52. The molecule has 30 heavy (non-hydrogen) atoms. The monoisotopic (exact) mass is 418 g/mol. The van der Waals surface area contributed by atoms with E-state index in [1.54, 1.807) is 0 Å². The van der Waals surface area contributed by atoms with E-state index in [1.165, 1.54) is 22.9 Å². The van der Waals surface area contributed by atoms with Crippen LogP contribution in [0.2, 0.25) is 0 Å². The van der Waals surface area contributed by atoms with Gasteiger partial charge >= 0.3 is 0 Å². The first-order valence-electron chi connectivity index (χ1n) is 8.80. The van der Waals surface area contributed by atoms with E-state index in [1.807, 2.05) is 0 Å². The second kappa shape index (κ2) is 7.72. The van der Waals surface area contributed by atoms with Gasteiger partial charge in [-0.05, 0) is 12.1 Å². The van der Waals surface area contributed by atoms with Crippen LogP contribution >= 0.6 is 0 Å². The van der Waals surface area contributed by atoms with Crippen LogP contribution in [0.4, 0.5) is 5.95 Å². The fraction of sp³-hybridized carbons (Fsp3) is 0.294. The van der Waals surface area contributed by atoms with Crippen molar-refractivity contribution < 1.29 is 30.3 Å². The summed E-state index contributed by atoms with van der Waals surface area (Å²) in [7, 11) is 0. The minimum absolute atomic E-state index is 0.0430. The predicted octanol–water partition coefficient (Wildman–Crippen LogP) is -1.41. The minimum Gasteiger partial charge on any atom is -0.508 e. The van der Waals surface area contributed by atoms with Gasteiger partial charge in [-0.1, -0.05) is 0 Å². The molecule has 3 aromatic rings. The van der Waals surface area contributed by atoms with Crippen molar-refractivity contribution in [2.45, 2.75) is 24.5 Å². The van der Waals surface area contributed by atoms with Crippen LogP contribution < -0.4 is 11.0 Å². The van der Waals surface area contributed by atoms with Gasteiger partial charge in [0.25, 0.3) is 5.56 Å². The molecule has 13 heteroatoms. The molecule has 4 unspecified atom stereocenters. The number of nitrogens with one attached hydrogen (secondary N) is 2. The van der Waals surface area contributed by atoms with Crippen molar-refractivity contribution in [2.75, 3.05) is 12.0 Å². The lowest BCUT2D eigenvalue weighted by atomic mass is 10.1. The van der Waals surface area contributed by atoms with Crippen LogP contribution in [0, 0.1) is 0 Å². The summed E-state index contributed by atoms with van der Waals surface area (Å²) in [6.07, 6.45) is -2.68. The van der Waals surface area contributed by atoms with Crippen LogP contribution in [0.3, 0.4) is 0 Å². The molecule has 4 atom stereocenters. The summed E-state index contributed by atoms with van der Waals surface area (Å²) >= 11 is 0. The molecule has 7 N–H and O–H groups in total. The maximum absolute atomic E-state index is 12.1. The van der Waals surface area contributed by atoms with Gasteiger partial charge in [0.2, 0.25) is 5.95 Å². The highest BCUT2D eigenvalue weighted by atomic mass is 16.6. The van der Waals surface area contributed by atoms with Crippen LogP contribution in [-0.2, 0) is 4.74 Å². The third kappa shape index (κ3) is 3.35. The number of fused-ring (bicyclic) bond motifs is 1. The number of hydrogen-bond acceptors (Lipinski definition) is 11. The van der Waals surface area contributed by atoms with Crippen molar-refractivity contribution in [3.63, 3.8) is 0 Å². The highest BCUT2D eigenvalue weighted by Gasteiger charge is 2.45. The van der Waals surface area contributed by atoms with Crippen LogP contribution in [0.5, 0.6) is 11.5 Å². The molecule has 0 radical (unpaired) electrons. The van der Waals surface area contributed by atoms with E-state index in [-0.39, 0.29) is 34.2 Å². The van der Waals surface area contributed by atoms with E-state index in [0.29, 0.717) is 0 Å². The Morgan fingerprint density at radius 2 is 2.10 bits per heavy atom. The lowest BCUT2D eigenvalue weighted by Crippen LogP contribution is -2.33. The lowest BCUT2D eigenvalue weighted by Gasteiger charge is -2.18. The van der Waals surface area contributed by atoms with Gasteiger partial charge in [0.15, 0.2) is 17.4 Å². The minimum atomic E-state index is -1.44. The fourth-order valence-corrected chi connectivity index (χ4v) is 3.13. The number of hydrogen-bond donors (Lipinski definition) is 7. The molecular formula is C17H18N6O7. The Morgan fingerprint density at radius 3 is 2.80 bits per heavy atom. The topological polar surface area (TPSA) is 198 Å². The number of aromatic amines is 1. The first-order chi connectivity index (χ1) is 14.4. The Labute approximate surface area is 167 Å². The highest BCUT2D eigenvalue weighted by Crippen LogP contribution is 2.33. The predicted molar refractivity (Wildman–Crippen MR) is 102 cm³/mol. The Bertz CT molecular complexity index is 1160. The Morgan fingerprint density at radius 1 is 1.30 bits per heavy atom. The van der Waals surface area contributed by atoms with Gasteiger partial charge in [-0.25, -0.2) is 15.4 Å². The molecule has 0 spiro atoms. The summed E-state index contributed by atoms with van der Waals surface area (Å²) < 4.78 is 6.76. The molecular weight excluding hydrogens is 400 g/mol. The molecule has 0 aliphatic carbocycles. The Balaban J connectivity index is 1.73. The molecule has 1 aliphatic rings. The van der Waals surface area contributed by atoms with E-state index in [9.17, 15) is 30.3 Å². The van der Waals surface area contributed by atoms with Crippen molar-refractivity contribution in [1.29, 1.82) is 0 Å². The zero-order valence-electron chi connectivity index (χ0n) is 15.2. The zero-order valence-corrected chi connectivity index (χ0v) is 15.2. The van der Waals surface area contributed by atoms with Crippen molar-refractivity contribution >= 4 is 23.3 Å². The number of aromatic hydroxyl groups is 2. The van der Waals surface area contributed by atoms with Gasteiger partial charge in [-0.3, -0.25) is 9.36 Å². The zero-order chi connectivity index (χ0) is 21.4. The smallest absolute Gasteiger partial charge is 0.278 e. The molecule has 3 heterocycles. The molecule has 2 aromatic heterocycles. The van der Waals surface area contributed by atoms with E-state index in [4.69, 9.17) is 4.74 Å². The third-order valence-electron chi connectivity index (χ3n) is 4.64. The standard InChI is InChI=1S/C17H18N6O7/c24-5-10-12(27)13(28)16(30-10)23-14-11(15(29)19-6-18-14)21-17(23)22-20-4-7-1-2-8(25)3-9(7)26/h1-4,6,10,12-13,16,24-28H,5H2,(H,21,22)(H,18,19,29)/b20-4+. The summed E-state index contributed by atoms with van der Waals surface area (Å²) in [6, 6.07) is 3.93. The molecule has 4 rings (SSSR count). The number of aliphatic hydroxyl groups is 3. The van der Waals surface area contributed by atoms with E-state index in [0.717, 1.165) is 12.4 Å². The van der Waals surface area contributed by atoms with E-state index >= 15 is 0 Å². The molecule has 0 amide bonds. The number of phenolic OH excluding ortho intramolecular Hbond substituents is 2. The number of imidazole rings is 1. The van der Waals surface area contributed by atoms with Crippen molar-refractivity contribution in [3.05, 3.63) is 40.4 Å². The maximum atomic E-state index is 12.1. The second-order valence-electron chi connectivity index (χ2n) is 6.55. The summed E-state index contributed by atoms with van der Waals surface area (Å²) in [4.78, 5) is 22.7. The quantitative estimate of drug-likeness (QED) is 0.191. The van der Waals surface area contributed by atoms with Crippen molar-refractivity contribution in [2.24, 2.45) is 5.10 Å². The lowest BCUT2D eigenvalue weighted by molar-refractivity contribution is -0.0501. The van der Waals surface area contributed by atoms with Crippen LogP contribution in [0.25, 0.3) is 11.2 Å². The molecule has 158 valence electrons. The first-order valence-corrected chi connectivity index (χ1v) is 8.80. The first kappa shape index (κ1) is 19.8. The summed E-state index contributed by atoms with van der Waals surface area (Å²) in [6.45, 7) is -0.531. The number of H-pyrrole nitrogens is 1. The van der Waals surface area contributed by atoms with Gasteiger partial charge in [0.1, 0.15) is 29.8 Å². The molecule has 1 aromatic carbocycles. The van der Waals surface area contributed by atoms with Crippen LogP contribution in [-0.4, -0.2) is 76.2 Å². The number of phenols is 2. The number of ether oxygens (including phenoxy) is 1. The number of hydrazone groups is 1. The summed E-state index contributed by atoms with van der Waals surface area (Å²) in [5, 5.41) is 52.9. The average molecular weight is 418 g/mol. The van der Waals surface area contributed by atoms with E-state index in [2.05, 4.69) is 25.5 Å². The summed E-state index contributed by atoms with van der Waals surface area (Å²) in [5.41, 5.74) is 2.31. The SMILES string of the molecule is O=c1[nH]cnc2c1nc(N/N=C/c1ccc(O)cc1O)n2C1OC(CO)C(O)C1O. The second-order valence-corrected chi connectivity index (χ2v) is 6.55. The van der Waals surface area contributed by atoms with Gasteiger partial charge in [-0.15, -0.1) is 0 Å². The number of anilines is 1. The number of aromatic nitrogens is 4. The molecule has 0 bridgehead atoms. The highest BCUT2D eigenvalue weighted by molar-refractivity contribution is 5.84. The number of benzene rings is 1. The normalized spacial score (nSPS) is 24.1. The number of nitrogens with zero attached hydrogens (tertiary/aromatic N) is 4. The van der Waals surface area contributed by atoms with Gasteiger partial charge in [-0.2, -0.15) is 5.10 Å². The van der Waals surface area contributed by atoms with E-state index < -0.39 is 36.7 Å². The maximum Gasteiger partial charge on any atom is 0.278 e. The van der Waals surface area contributed by atoms with Gasteiger partial charge in [0.05, 0.1) is 19.1 Å². The fourth-order valence-electron chi connectivity index (χ4n) is 3.13. The average Bonchev–Trinajstić information content (AvgIpc) is 3.22. The third-order valence-corrected chi connectivity index (χ3v) is 4.64. The van der Waals surface area contributed by atoms with Crippen LogP contribution in [0.15, 0.2) is 34.4 Å². The molecule has 1 aliphatic heterocycles. The number of aliphatic hydroxyl groups excluding tert-OH is 3. The van der Waals surface area contributed by atoms with Gasteiger partial charge in [0, 0.05) is 11.6 Å².